The number of carboxylic acid groups (broad SMARTS) is 1. The molecule has 4 nitrogen and oxygen atoms in total. The lowest BCUT2D eigenvalue weighted by molar-refractivity contribution is -0.146. The highest BCUT2D eigenvalue weighted by Gasteiger charge is 2.20. The van der Waals surface area contributed by atoms with Crippen LogP contribution in [-0.2, 0) is 11.8 Å². The van der Waals surface area contributed by atoms with Gasteiger partial charge < -0.3 is 14.8 Å². The number of aryl methyl sites for hydroxylation is 1. The van der Waals surface area contributed by atoms with Gasteiger partial charge in [0.25, 0.3) is 0 Å². The number of nitrogens with zero attached hydrogens (tertiary/aromatic N) is 1. The van der Waals surface area contributed by atoms with Crippen molar-refractivity contribution in [3.05, 3.63) is 34.4 Å². The minimum atomic E-state index is -1.50. The Bertz CT molecular complexity index is 562. The molecule has 1 aromatic heterocycles. The number of hydrogen-bond donors (Lipinski definition) is 2. The van der Waals surface area contributed by atoms with Gasteiger partial charge in [0.2, 0.25) is 0 Å². The summed E-state index contributed by atoms with van der Waals surface area (Å²) in [6.45, 7) is 0. The first-order valence-electron chi connectivity index (χ1n) is 4.66. The second-order valence-corrected chi connectivity index (χ2v) is 4.43. The third-order valence-corrected chi connectivity index (χ3v) is 3.14. The lowest BCUT2D eigenvalue weighted by atomic mass is 10.1. The summed E-state index contributed by atoms with van der Waals surface area (Å²) in [6, 6.07) is 5.22. The number of carbonyl (C=O) groups is 1. The Morgan fingerprint density at radius 2 is 2.19 bits per heavy atom. The maximum Gasteiger partial charge on any atom is 0.337 e. The molecule has 1 atom stereocenters. The van der Waals surface area contributed by atoms with Gasteiger partial charge in [-0.05, 0) is 15.9 Å². The van der Waals surface area contributed by atoms with Crippen LogP contribution < -0.4 is 0 Å². The molecule has 1 unspecified atom stereocenters. The van der Waals surface area contributed by atoms with Crippen molar-refractivity contribution in [2.45, 2.75) is 6.10 Å². The minimum absolute atomic E-state index is 0.401. The molecule has 0 amide bonds. The number of aromatic nitrogens is 1. The van der Waals surface area contributed by atoms with E-state index in [2.05, 4.69) is 15.9 Å². The van der Waals surface area contributed by atoms with E-state index >= 15 is 0 Å². The summed E-state index contributed by atoms with van der Waals surface area (Å²) in [6.07, 6.45) is 0.340. The molecule has 2 rings (SSSR count). The van der Waals surface area contributed by atoms with E-state index in [9.17, 15) is 9.90 Å². The van der Waals surface area contributed by atoms with Crippen molar-refractivity contribution in [1.29, 1.82) is 0 Å². The first kappa shape index (κ1) is 11.2. The molecule has 84 valence electrons. The fourth-order valence-corrected chi connectivity index (χ4v) is 2.43. The van der Waals surface area contributed by atoms with Crippen molar-refractivity contribution >= 4 is 32.8 Å². The zero-order valence-corrected chi connectivity index (χ0v) is 10.1. The van der Waals surface area contributed by atoms with Gasteiger partial charge in [-0.2, -0.15) is 0 Å². The van der Waals surface area contributed by atoms with E-state index in [0.717, 1.165) is 15.4 Å². The second kappa shape index (κ2) is 3.92. The van der Waals surface area contributed by atoms with Gasteiger partial charge in [-0.15, -0.1) is 0 Å². The predicted octanol–water partition coefficient (Wildman–Crippen LogP) is 2.06. The molecule has 0 saturated carbocycles. The number of aliphatic hydroxyl groups excluding tert-OH is 1. The lowest BCUT2D eigenvalue weighted by Gasteiger charge is -2.09. The number of carboxylic acids is 1. The molecule has 1 heterocycles. The number of hydrogen-bond acceptors (Lipinski definition) is 2. The zero-order valence-electron chi connectivity index (χ0n) is 8.51. The van der Waals surface area contributed by atoms with Gasteiger partial charge in [-0.3, -0.25) is 0 Å². The van der Waals surface area contributed by atoms with Gasteiger partial charge in [0, 0.05) is 28.7 Å². The van der Waals surface area contributed by atoms with Gasteiger partial charge in [-0.25, -0.2) is 4.79 Å². The molecule has 0 spiro atoms. The normalized spacial score (nSPS) is 12.9. The van der Waals surface area contributed by atoms with Gasteiger partial charge in [-0.1, -0.05) is 18.2 Å². The van der Waals surface area contributed by atoms with Crippen LogP contribution in [0.15, 0.2) is 28.9 Å². The molecule has 0 saturated heterocycles. The van der Waals surface area contributed by atoms with Crippen LogP contribution in [0.1, 0.15) is 11.7 Å². The molecule has 5 heteroatoms. The fourth-order valence-electron chi connectivity index (χ4n) is 1.81. The molecule has 1 aromatic carbocycles. The van der Waals surface area contributed by atoms with Crippen molar-refractivity contribution in [3.63, 3.8) is 0 Å². The average molecular weight is 284 g/mol. The average Bonchev–Trinajstić information content (AvgIpc) is 2.54. The summed E-state index contributed by atoms with van der Waals surface area (Å²) in [5.74, 6) is -1.25. The molecule has 0 radical (unpaired) electrons. The van der Waals surface area contributed by atoms with E-state index in [-0.39, 0.29) is 0 Å². The summed E-state index contributed by atoms with van der Waals surface area (Å²) in [5.41, 5.74) is 1.13. The Balaban J connectivity index is 2.75. The Morgan fingerprint density at radius 1 is 1.50 bits per heavy atom. The van der Waals surface area contributed by atoms with Gasteiger partial charge in [0.1, 0.15) is 0 Å². The molecule has 0 aliphatic heterocycles. The Hall–Kier alpha value is -1.33. The Kier molecular flexibility index (Phi) is 2.73. The topological polar surface area (TPSA) is 62.5 Å². The number of rotatable bonds is 2. The highest BCUT2D eigenvalue weighted by atomic mass is 79.9. The van der Waals surface area contributed by atoms with Crippen molar-refractivity contribution in [1.82, 2.24) is 4.57 Å². The van der Waals surface area contributed by atoms with Crippen LogP contribution in [0.3, 0.4) is 0 Å². The summed E-state index contributed by atoms with van der Waals surface area (Å²) in [7, 11) is 1.81. The van der Waals surface area contributed by atoms with Crippen molar-refractivity contribution in [2.24, 2.45) is 7.05 Å². The second-order valence-electron chi connectivity index (χ2n) is 3.57. The largest absolute Gasteiger partial charge is 0.479 e. The predicted molar refractivity (Wildman–Crippen MR) is 63.2 cm³/mol. The molecular weight excluding hydrogens is 274 g/mol. The van der Waals surface area contributed by atoms with Gasteiger partial charge in [0.15, 0.2) is 6.10 Å². The van der Waals surface area contributed by atoms with Crippen LogP contribution in [0.4, 0.5) is 0 Å². The maximum absolute atomic E-state index is 10.8. The molecule has 2 N–H and O–H groups in total. The SMILES string of the molecule is Cn1cc(Br)c2cccc(C(O)C(=O)O)c21. The third kappa shape index (κ3) is 1.62. The van der Waals surface area contributed by atoms with Gasteiger partial charge in [0.05, 0.1) is 5.52 Å². The summed E-state index contributed by atoms with van der Waals surface area (Å²) >= 11 is 3.39. The number of para-hydroxylation sites is 1. The maximum atomic E-state index is 10.8. The zero-order chi connectivity index (χ0) is 11.9. The van der Waals surface area contributed by atoms with E-state index in [1.165, 1.54) is 0 Å². The first-order valence-corrected chi connectivity index (χ1v) is 5.46. The highest BCUT2D eigenvalue weighted by Crippen LogP contribution is 2.30. The van der Waals surface area contributed by atoms with E-state index in [1.807, 2.05) is 19.3 Å². The molecule has 16 heavy (non-hydrogen) atoms. The van der Waals surface area contributed by atoms with E-state index in [1.54, 1.807) is 16.7 Å². The molecule has 0 aliphatic carbocycles. The minimum Gasteiger partial charge on any atom is -0.479 e. The number of fused-ring (bicyclic) bond motifs is 1. The lowest BCUT2D eigenvalue weighted by Crippen LogP contribution is -2.11. The number of halogens is 1. The Labute approximate surface area is 100 Å². The first-order chi connectivity index (χ1) is 7.52. The molecular formula is C11H10BrNO3. The number of aliphatic carboxylic acids is 1. The molecule has 2 aromatic rings. The third-order valence-electron chi connectivity index (χ3n) is 2.51. The van der Waals surface area contributed by atoms with Crippen LogP contribution in [0.5, 0.6) is 0 Å². The summed E-state index contributed by atoms with van der Waals surface area (Å²) in [4.78, 5) is 10.8. The molecule has 0 aliphatic rings. The van der Waals surface area contributed by atoms with Gasteiger partial charge >= 0.3 is 5.97 Å². The quantitative estimate of drug-likeness (QED) is 0.887. The van der Waals surface area contributed by atoms with Crippen LogP contribution in [-0.4, -0.2) is 20.7 Å². The summed E-state index contributed by atoms with van der Waals surface area (Å²) in [5, 5.41) is 19.3. The summed E-state index contributed by atoms with van der Waals surface area (Å²) < 4.78 is 2.67. The standard InChI is InChI=1S/C11H10BrNO3/c1-13-5-8(12)6-3-2-4-7(9(6)13)10(14)11(15)16/h2-5,10,14H,1H3,(H,15,16). The van der Waals surface area contributed by atoms with Crippen LogP contribution >= 0.6 is 15.9 Å². The van der Waals surface area contributed by atoms with E-state index in [0.29, 0.717) is 5.56 Å². The fraction of sp³-hybridized carbons (Fsp3) is 0.182. The van der Waals surface area contributed by atoms with Crippen LogP contribution in [0, 0.1) is 0 Å². The highest BCUT2D eigenvalue weighted by molar-refractivity contribution is 9.10. The van der Waals surface area contributed by atoms with Crippen molar-refractivity contribution in [3.8, 4) is 0 Å². The number of aliphatic hydroxyl groups is 1. The van der Waals surface area contributed by atoms with Crippen molar-refractivity contribution in [2.75, 3.05) is 0 Å². The molecule has 0 fully saturated rings. The van der Waals surface area contributed by atoms with E-state index in [4.69, 9.17) is 5.11 Å². The number of benzene rings is 1. The van der Waals surface area contributed by atoms with Crippen LogP contribution in [0.25, 0.3) is 10.9 Å². The Morgan fingerprint density at radius 3 is 2.81 bits per heavy atom. The smallest absolute Gasteiger partial charge is 0.337 e. The molecule has 0 bridgehead atoms. The van der Waals surface area contributed by atoms with Crippen molar-refractivity contribution < 1.29 is 15.0 Å². The van der Waals surface area contributed by atoms with E-state index < -0.39 is 12.1 Å². The monoisotopic (exact) mass is 283 g/mol. The van der Waals surface area contributed by atoms with Crippen LogP contribution in [0.2, 0.25) is 0 Å².